The average Bonchev–Trinajstić information content (AvgIpc) is 3.02. The Balaban J connectivity index is 1.53. The number of carbonyl (C=O) groups is 3. The Bertz CT molecular complexity index is 1520. The fourth-order valence-corrected chi connectivity index (χ4v) is 8.49. The molecule has 2 aromatic rings. The number of hydrogen-bond donors (Lipinski definition) is 5. The smallest absolute Gasteiger partial charge is 0.255 e. The molecule has 2 aromatic carbocycles. The molecule has 2 fully saturated rings. The van der Waals surface area contributed by atoms with Crippen molar-refractivity contribution >= 4 is 44.8 Å². The maximum absolute atomic E-state index is 13.8. The zero-order chi connectivity index (χ0) is 31.1. The van der Waals surface area contributed by atoms with Crippen LogP contribution in [0.5, 0.6) is 0 Å². The van der Waals surface area contributed by atoms with Gasteiger partial charge in [-0.3, -0.25) is 14.4 Å². The van der Waals surface area contributed by atoms with Crippen LogP contribution in [0, 0.1) is 35.2 Å². The SMILES string of the molecule is CC1C[C@@H]2C[C@@H](S(=O)(=O)c3cc(C(=O)Nc4cc(F)c(F)c(F)c4)ccc3Cl)C[C@H]1[C@@]2(O)CNC(=O)[C@@H](N)CC(N)=O. The van der Waals surface area contributed by atoms with Gasteiger partial charge in [0.05, 0.1) is 33.2 Å². The number of sulfone groups is 1. The van der Waals surface area contributed by atoms with Crippen molar-refractivity contribution in [3.05, 3.63) is 58.4 Å². The minimum atomic E-state index is -4.15. The summed E-state index contributed by atoms with van der Waals surface area (Å²) in [6.07, 6.45) is 0.213. The predicted octanol–water partition coefficient (Wildman–Crippen LogP) is 2.27. The van der Waals surface area contributed by atoms with Crippen LogP contribution in [0.4, 0.5) is 18.9 Å². The van der Waals surface area contributed by atoms with Crippen molar-refractivity contribution in [3.8, 4) is 0 Å². The van der Waals surface area contributed by atoms with E-state index in [1.54, 1.807) is 0 Å². The van der Waals surface area contributed by atoms with Gasteiger partial charge in [-0.15, -0.1) is 0 Å². The van der Waals surface area contributed by atoms with Crippen molar-refractivity contribution in [1.82, 2.24) is 5.32 Å². The molecule has 0 aromatic heterocycles. The first kappa shape index (κ1) is 31.7. The summed E-state index contributed by atoms with van der Waals surface area (Å²) in [5, 5.41) is 15.2. The highest BCUT2D eigenvalue weighted by Crippen LogP contribution is 2.54. The number of rotatable bonds is 9. The predicted molar refractivity (Wildman–Crippen MR) is 146 cm³/mol. The summed E-state index contributed by atoms with van der Waals surface area (Å²) in [5.41, 5.74) is 8.79. The summed E-state index contributed by atoms with van der Waals surface area (Å²) in [6.45, 7) is 1.69. The van der Waals surface area contributed by atoms with Crippen LogP contribution >= 0.6 is 11.6 Å². The summed E-state index contributed by atoms with van der Waals surface area (Å²) in [7, 11) is -4.15. The Kier molecular flexibility index (Phi) is 8.93. The van der Waals surface area contributed by atoms with E-state index in [9.17, 15) is 41.1 Å². The van der Waals surface area contributed by atoms with Gasteiger partial charge in [-0.1, -0.05) is 18.5 Å². The third-order valence-corrected chi connectivity index (χ3v) is 10.9. The highest BCUT2D eigenvalue weighted by molar-refractivity contribution is 7.92. The van der Waals surface area contributed by atoms with Crippen molar-refractivity contribution in [2.45, 2.75) is 54.4 Å². The first-order valence-electron chi connectivity index (χ1n) is 13.1. The first-order chi connectivity index (χ1) is 19.5. The molecular formula is C27H30ClF3N4O6S. The third-order valence-electron chi connectivity index (χ3n) is 8.24. The highest BCUT2D eigenvalue weighted by atomic mass is 35.5. The molecule has 1 unspecified atom stereocenters. The molecule has 0 radical (unpaired) electrons. The Hall–Kier alpha value is -3.20. The Morgan fingerprint density at radius 2 is 1.76 bits per heavy atom. The minimum Gasteiger partial charge on any atom is -0.387 e. The van der Waals surface area contributed by atoms with Gasteiger partial charge in [0, 0.05) is 29.9 Å². The molecule has 2 bridgehead atoms. The fourth-order valence-electron chi connectivity index (χ4n) is 6.12. The molecule has 10 nitrogen and oxygen atoms in total. The molecule has 15 heteroatoms. The quantitative estimate of drug-likeness (QED) is 0.263. The third kappa shape index (κ3) is 6.12. The van der Waals surface area contributed by atoms with E-state index in [4.69, 9.17) is 23.1 Å². The number of primary amides is 1. The number of fused-ring (bicyclic) bond motifs is 2. The molecule has 0 spiro atoms. The number of nitrogens with one attached hydrogen (secondary N) is 2. The van der Waals surface area contributed by atoms with Crippen molar-refractivity contribution in [1.29, 1.82) is 0 Å². The van der Waals surface area contributed by atoms with Gasteiger partial charge in [-0.05, 0) is 55.2 Å². The number of aliphatic hydroxyl groups is 1. The Morgan fingerprint density at radius 3 is 2.36 bits per heavy atom. The van der Waals surface area contributed by atoms with Crippen LogP contribution in [0.2, 0.25) is 5.02 Å². The van der Waals surface area contributed by atoms with E-state index < -0.39 is 73.7 Å². The zero-order valence-electron chi connectivity index (χ0n) is 22.4. The van der Waals surface area contributed by atoms with E-state index in [0.717, 1.165) is 6.07 Å². The molecule has 2 saturated carbocycles. The summed E-state index contributed by atoms with van der Waals surface area (Å²) in [6, 6.07) is 3.46. The van der Waals surface area contributed by atoms with Gasteiger partial charge in [-0.2, -0.15) is 0 Å². The van der Waals surface area contributed by atoms with E-state index >= 15 is 0 Å². The number of nitrogens with two attached hydrogens (primary N) is 2. The van der Waals surface area contributed by atoms with E-state index in [-0.39, 0.29) is 52.9 Å². The molecule has 0 saturated heterocycles. The molecule has 2 aliphatic carbocycles. The van der Waals surface area contributed by atoms with Gasteiger partial charge in [0.15, 0.2) is 27.3 Å². The lowest BCUT2D eigenvalue weighted by molar-refractivity contribution is -0.128. The molecular weight excluding hydrogens is 601 g/mol. The number of benzene rings is 2. The van der Waals surface area contributed by atoms with E-state index in [1.807, 2.05) is 6.92 Å². The lowest BCUT2D eigenvalue weighted by Gasteiger charge is -2.43. The normalized spacial score (nSPS) is 26.0. The fraction of sp³-hybridized carbons (Fsp3) is 0.444. The molecule has 7 N–H and O–H groups in total. The van der Waals surface area contributed by atoms with Crippen molar-refractivity contribution in [3.63, 3.8) is 0 Å². The van der Waals surface area contributed by atoms with Crippen LogP contribution in [0.1, 0.15) is 43.0 Å². The summed E-state index contributed by atoms with van der Waals surface area (Å²) < 4.78 is 68.0. The van der Waals surface area contributed by atoms with Crippen molar-refractivity contribution in [2.24, 2.45) is 29.2 Å². The van der Waals surface area contributed by atoms with Gasteiger partial charge in [0.25, 0.3) is 5.91 Å². The van der Waals surface area contributed by atoms with Crippen LogP contribution < -0.4 is 22.1 Å². The average molecular weight is 631 g/mol. The van der Waals surface area contributed by atoms with Gasteiger partial charge < -0.3 is 27.2 Å². The molecule has 42 heavy (non-hydrogen) atoms. The van der Waals surface area contributed by atoms with E-state index in [2.05, 4.69) is 10.6 Å². The Morgan fingerprint density at radius 1 is 1.12 bits per heavy atom. The lowest BCUT2D eigenvalue weighted by atomic mass is 9.73. The largest absolute Gasteiger partial charge is 0.387 e. The van der Waals surface area contributed by atoms with Crippen molar-refractivity contribution < 1.29 is 41.1 Å². The van der Waals surface area contributed by atoms with Gasteiger partial charge in [0.2, 0.25) is 11.8 Å². The van der Waals surface area contributed by atoms with Crippen LogP contribution in [0.3, 0.4) is 0 Å². The second-order valence-corrected chi connectivity index (χ2v) is 13.6. The zero-order valence-corrected chi connectivity index (χ0v) is 23.9. The number of carbonyl (C=O) groups excluding carboxylic acids is 3. The lowest BCUT2D eigenvalue weighted by Crippen LogP contribution is -2.57. The van der Waals surface area contributed by atoms with Crippen molar-refractivity contribution in [2.75, 3.05) is 11.9 Å². The van der Waals surface area contributed by atoms with Crippen LogP contribution in [0.15, 0.2) is 35.2 Å². The second-order valence-electron chi connectivity index (χ2n) is 11.0. The summed E-state index contributed by atoms with van der Waals surface area (Å²) >= 11 is 6.25. The van der Waals surface area contributed by atoms with Crippen LogP contribution in [0.25, 0.3) is 0 Å². The second kappa shape index (κ2) is 11.8. The number of halogens is 4. The van der Waals surface area contributed by atoms with Crippen LogP contribution in [-0.2, 0) is 19.4 Å². The number of amides is 3. The Labute approximate surface area is 244 Å². The molecule has 0 aliphatic heterocycles. The number of anilines is 1. The summed E-state index contributed by atoms with van der Waals surface area (Å²) in [5.74, 6) is -8.18. The minimum absolute atomic E-state index is 0.0423. The molecule has 6 atom stereocenters. The molecule has 3 amide bonds. The number of hydrogen-bond acceptors (Lipinski definition) is 7. The van der Waals surface area contributed by atoms with Gasteiger partial charge in [-0.25, -0.2) is 21.6 Å². The molecule has 2 aliphatic rings. The maximum Gasteiger partial charge on any atom is 0.255 e. The van der Waals surface area contributed by atoms with E-state index in [1.165, 1.54) is 12.1 Å². The summed E-state index contributed by atoms with van der Waals surface area (Å²) in [4.78, 5) is 35.8. The van der Waals surface area contributed by atoms with E-state index in [0.29, 0.717) is 18.6 Å². The first-order valence-corrected chi connectivity index (χ1v) is 15.0. The van der Waals surface area contributed by atoms with Gasteiger partial charge in [0.1, 0.15) is 0 Å². The van der Waals surface area contributed by atoms with Gasteiger partial charge >= 0.3 is 0 Å². The molecule has 228 valence electrons. The monoisotopic (exact) mass is 630 g/mol. The maximum atomic E-state index is 13.8. The standard InChI is InChI=1S/C27H30ClF3N4O6S/c1-12-4-14-6-16(9-17(12)27(14,39)11-34-26(38)21(32)10-23(33)36)42(40,41)22-5-13(2-3-18(22)28)25(37)35-15-7-19(29)24(31)20(30)8-15/h2-3,5,7-8,12,14,16-17,21,39H,4,6,9-11,32H2,1H3,(H2,33,36)(H,34,38)(H,35,37)/t12?,14-,16-,17-,21+,27-/m1/s1. The molecule has 4 rings (SSSR count). The topological polar surface area (TPSA) is 182 Å². The molecule has 0 heterocycles. The van der Waals surface area contributed by atoms with Crippen LogP contribution in [-0.4, -0.2) is 54.7 Å². The highest BCUT2D eigenvalue weighted by Gasteiger charge is 2.58.